The van der Waals surface area contributed by atoms with Crippen molar-refractivity contribution in [2.24, 2.45) is 0 Å². The summed E-state index contributed by atoms with van der Waals surface area (Å²) in [5.74, 6) is 0. The van der Waals surface area contributed by atoms with Gasteiger partial charge in [-0.25, -0.2) is 0 Å². The lowest BCUT2D eigenvalue weighted by Gasteiger charge is -2.18. The van der Waals surface area contributed by atoms with Crippen LogP contribution >= 0.6 is 29.8 Å². The van der Waals surface area contributed by atoms with Gasteiger partial charge in [-0.05, 0) is 76.3 Å². The van der Waals surface area contributed by atoms with Gasteiger partial charge in [0.05, 0.1) is 11.0 Å². The molecule has 0 unspecified atom stereocenters. The molecule has 1 nitrogen and oxygen atoms in total. The van der Waals surface area contributed by atoms with Crippen molar-refractivity contribution in [1.82, 2.24) is 4.57 Å². The standard InChI is InChI=1S/C42H28NPS2/c1-3-11-32(12-4-1)44(33-13-5-2-6-14-33)46-34-23-19-29(20-24-34)30-21-25-41-37(27-30)38-28-31(22-26-42(38)45-41)43-39-17-9-7-15-35(39)36-16-8-10-18-40(36)43/h1-28H. The van der Waals surface area contributed by atoms with Gasteiger partial charge in [-0.2, -0.15) is 0 Å². The van der Waals surface area contributed by atoms with Crippen LogP contribution in [0.4, 0.5) is 0 Å². The maximum Gasteiger partial charge on any atom is 0.0541 e. The van der Waals surface area contributed by atoms with Crippen molar-refractivity contribution in [3.05, 3.63) is 170 Å². The first-order valence-electron chi connectivity index (χ1n) is 15.4. The Morgan fingerprint density at radius 3 is 1.59 bits per heavy atom. The molecule has 0 aliphatic heterocycles. The van der Waals surface area contributed by atoms with Crippen molar-refractivity contribution in [1.29, 1.82) is 0 Å². The summed E-state index contributed by atoms with van der Waals surface area (Å²) in [6.45, 7) is 0. The van der Waals surface area contributed by atoms with Crippen LogP contribution in [0.25, 0.3) is 58.8 Å². The van der Waals surface area contributed by atoms with Crippen LogP contribution in [-0.4, -0.2) is 4.57 Å². The maximum atomic E-state index is 2.41. The average molecular weight is 642 g/mol. The minimum Gasteiger partial charge on any atom is -0.309 e. The maximum absolute atomic E-state index is 2.41. The highest BCUT2D eigenvalue weighted by Gasteiger charge is 2.16. The molecule has 0 spiro atoms. The monoisotopic (exact) mass is 641 g/mol. The molecule has 9 aromatic rings. The highest BCUT2D eigenvalue weighted by atomic mass is 32.7. The molecular formula is C42H28NPS2. The van der Waals surface area contributed by atoms with Gasteiger partial charge in [0.1, 0.15) is 0 Å². The Labute approximate surface area is 277 Å². The fraction of sp³-hybridized carbons (Fsp3) is 0. The number of benzene rings is 7. The lowest BCUT2D eigenvalue weighted by atomic mass is 10.0. The number of hydrogen-bond donors (Lipinski definition) is 0. The minimum atomic E-state index is -0.554. The van der Waals surface area contributed by atoms with E-state index in [1.165, 1.54) is 74.3 Å². The highest BCUT2D eigenvalue weighted by molar-refractivity contribution is 8.60. The third-order valence-electron chi connectivity index (χ3n) is 8.66. The lowest BCUT2D eigenvalue weighted by Crippen LogP contribution is -2.08. The van der Waals surface area contributed by atoms with Gasteiger partial charge in [-0.1, -0.05) is 127 Å². The zero-order chi connectivity index (χ0) is 30.5. The molecule has 0 fully saturated rings. The number of fused-ring (bicyclic) bond motifs is 6. The molecule has 2 aromatic heterocycles. The molecule has 0 aliphatic rings. The van der Waals surface area contributed by atoms with Crippen LogP contribution in [0.5, 0.6) is 0 Å². The van der Waals surface area contributed by atoms with E-state index in [2.05, 4.69) is 174 Å². The van der Waals surface area contributed by atoms with E-state index in [1.54, 1.807) is 0 Å². The Bertz CT molecular complexity index is 2400. The summed E-state index contributed by atoms with van der Waals surface area (Å²) in [7, 11) is -0.554. The van der Waals surface area contributed by atoms with Gasteiger partial charge in [-0.15, -0.1) is 11.3 Å². The second kappa shape index (κ2) is 11.6. The van der Waals surface area contributed by atoms with E-state index >= 15 is 0 Å². The second-order valence-corrected chi connectivity index (χ2v) is 16.4. The van der Waals surface area contributed by atoms with Gasteiger partial charge in [0, 0.05) is 48.7 Å². The van der Waals surface area contributed by atoms with Gasteiger partial charge >= 0.3 is 0 Å². The van der Waals surface area contributed by atoms with Crippen molar-refractivity contribution in [2.75, 3.05) is 0 Å². The second-order valence-electron chi connectivity index (χ2n) is 11.4. The van der Waals surface area contributed by atoms with Gasteiger partial charge < -0.3 is 4.57 Å². The number of nitrogens with zero attached hydrogens (tertiary/aromatic N) is 1. The molecule has 0 saturated heterocycles. The molecule has 0 N–H and O–H groups in total. The number of rotatable bonds is 6. The van der Waals surface area contributed by atoms with E-state index in [0.717, 1.165) is 0 Å². The topological polar surface area (TPSA) is 4.93 Å². The molecule has 4 heteroatoms. The molecule has 218 valence electrons. The summed E-state index contributed by atoms with van der Waals surface area (Å²) < 4.78 is 5.05. The molecule has 0 atom stereocenters. The molecule has 0 saturated carbocycles. The van der Waals surface area contributed by atoms with Crippen LogP contribution in [0.3, 0.4) is 0 Å². The van der Waals surface area contributed by atoms with E-state index in [1.807, 2.05) is 22.7 Å². The Hall–Kier alpha value is -4.66. The molecule has 46 heavy (non-hydrogen) atoms. The molecule has 0 aliphatic carbocycles. The summed E-state index contributed by atoms with van der Waals surface area (Å²) in [4.78, 5) is 1.29. The third kappa shape index (κ3) is 4.84. The average Bonchev–Trinajstić information content (AvgIpc) is 3.66. The van der Waals surface area contributed by atoms with Crippen LogP contribution in [0.15, 0.2) is 175 Å². The normalized spacial score (nSPS) is 11.8. The largest absolute Gasteiger partial charge is 0.309 e. The number of aromatic nitrogens is 1. The Morgan fingerprint density at radius 1 is 0.435 bits per heavy atom. The summed E-state index contributed by atoms with van der Waals surface area (Å²) in [5.41, 5.74) is 6.17. The van der Waals surface area contributed by atoms with Crippen molar-refractivity contribution >= 4 is 82.4 Å². The van der Waals surface area contributed by atoms with E-state index in [4.69, 9.17) is 0 Å². The molecular weight excluding hydrogens is 614 g/mol. The Balaban J connectivity index is 1.08. The van der Waals surface area contributed by atoms with Crippen LogP contribution in [-0.2, 0) is 0 Å². The Kier molecular flexibility index (Phi) is 6.97. The molecule has 0 amide bonds. The zero-order valence-corrected chi connectivity index (χ0v) is 27.4. The predicted octanol–water partition coefficient (Wildman–Crippen LogP) is 12.0. The summed E-state index contributed by atoms with van der Waals surface area (Å²) >= 11 is 3.84. The minimum absolute atomic E-state index is 0.554. The van der Waals surface area contributed by atoms with Crippen LogP contribution in [0, 0.1) is 0 Å². The van der Waals surface area contributed by atoms with Gasteiger partial charge in [-0.3, -0.25) is 0 Å². The number of hydrogen-bond acceptors (Lipinski definition) is 2. The van der Waals surface area contributed by atoms with E-state index in [0.29, 0.717) is 0 Å². The molecule has 7 aromatic carbocycles. The first-order chi connectivity index (χ1) is 22.8. The smallest absolute Gasteiger partial charge is 0.0541 e. The van der Waals surface area contributed by atoms with E-state index in [9.17, 15) is 0 Å². The van der Waals surface area contributed by atoms with Gasteiger partial charge in [0.2, 0.25) is 0 Å². The van der Waals surface area contributed by atoms with Gasteiger partial charge in [0.15, 0.2) is 0 Å². The summed E-state index contributed by atoms with van der Waals surface area (Å²) in [6, 6.07) is 62.3. The van der Waals surface area contributed by atoms with Crippen molar-refractivity contribution in [3.63, 3.8) is 0 Å². The fourth-order valence-electron chi connectivity index (χ4n) is 6.48. The van der Waals surface area contributed by atoms with Crippen molar-refractivity contribution in [3.8, 4) is 16.8 Å². The van der Waals surface area contributed by atoms with Crippen LogP contribution in [0.1, 0.15) is 0 Å². The predicted molar refractivity (Wildman–Crippen MR) is 204 cm³/mol. The SMILES string of the molecule is c1ccc(P(Sc2ccc(-c3ccc4sc5ccc(-n6c7ccccc7c7ccccc76)cc5c4c3)cc2)c2ccccc2)cc1. The third-order valence-corrected chi connectivity index (χ3v) is 14.5. The molecule has 0 radical (unpaired) electrons. The van der Waals surface area contributed by atoms with Gasteiger partial charge in [0.25, 0.3) is 0 Å². The number of para-hydroxylation sites is 2. The molecule has 2 heterocycles. The van der Waals surface area contributed by atoms with E-state index in [-0.39, 0.29) is 0 Å². The number of thiophene rings is 1. The van der Waals surface area contributed by atoms with Crippen LogP contribution in [0.2, 0.25) is 0 Å². The first-order valence-corrected chi connectivity index (χ1v) is 19.0. The fourth-order valence-corrected chi connectivity index (χ4v) is 11.8. The summed E-state index contributed by atoms with van der Waals surface area (Å²) in [6.07, 6.45) is 0. The quantitative estimate of drug-likeness (QED) is 0.164. The van der Waals surface area contributed by atoms with Crippen molar-refractivity contribution < 1.29 is 0 Å². The zero-order valence-electron chi connectivity index (χ0n) is 24.9. The van der Waals surface area contributed by atoms with Crippen LogP contribution < -0.4 is 10.6 Å². The molecule has 0 bridgehead atoms. The highest BCUT2D eigenvalue weighted by Crippen LogP contribution is 2.52. The summed E-state index contributed by atoms with van der Waals surface area (Å²) in [5, 5.41) is 7.97. The first kappa shape index (κ1) is 27.6. The molecule has 9 rings (SSSR count). The van der Waals surface area contributed by atoms with E-state index < -0.39 is 7.12 Å². The van der Waals surface area contributed by atoms with Crippen molar-refractivity contribution in [2.45, 2.75) is 4.90 Å². The Morgan fingerprint density at radius 2 is 0.957 bits per heavy atom. The lowest BCUT2D eigenvalue weighted by molar-refractivity contribution is 1.19.